The van der Waals surface area contributed by atoms with Crippen molar-refractivity contribution < 1.29 is 9.21 Å². The molecule has 0 saturated heterocycles. The van der Waals surface area contributed by atoms with E-state index in [1.54, 1.807) is 6.26 Å². The van der Waals surface area contributed by atoms with E-state index in [9.17, 15) is 4.79 Å². The molecule has 5 aromatic rings. The first-order valence-corrected chi connectivity index (χ1v) is 12.2. The number of furan rings is 1. The molecule has 1 N–H and O–H groups in total. The minimum atomic E-state index is -0.413. The minimum absolute atomic E-state index is 0.109. The molecule has 3 aromatic carbocycles. The Morgan fingerprint density at radius 3 is 2.29 bits per heavy atom. The summed E-state index contributed by atoms with van der Waals surface area (Å²) in [5, 5.41) is 12.2. The number of benzene rings is 3. The number of rotatable bonds is 7. The quantitative estimate of drug-likeness (QED) is 0.265. The molecule has 1 unspecified atom stereocenters. The van der Waals surface area contributed by atoms with Crippen LogP contribution >= 0.6 is 11.8 Å². The van der Waals surface area contributed by atoms with E-state index < -0.39 is 5.25 Å². The number of amides is 1. The van der Waals surface area contributed by atoms with E-state index in [-0.39, 0.29) is 5.91 Å². The number of nitrogens with one attached hydrogen (secondary N) is 1. The van der Waals surface area contributed by atoms with Crippen LogP contribution in [0.1, 0.15) is 12.7 Å². The number of carbonyl (C=O) groups is 1. The van der Waals surface area contributed by atoms with Crippen molar-refractivity contribution in [2.75, 3.05) is 5.32 Å². The summed E-state index contributed by atoms with van der Waals surface area (Å²) in [6.07, 6.45) is 1.64. The van der Waals surface area contributed by atoms with Gasteiger partial charge >= 0.3 is 0 Å². The van der Waals surface area contributed by atoms with Crippen LogP contribution in [0.4, 0.5) is 5.69 Å². The summed E-state index contributed by atoms with van der Waals surface area (Å²) in [5.74, 6) is 1.32. The van der Waals surface area contributed by atoms with Gasteiger partial charge in [-0.1, -0.05) is 78.5 Å². The van der Waals surface area contributed by atoms with Crippen LogP contribution in [0.2, 0.25) is 0 Å². The largest absolute Gasteiger partial charge is 0.469 e. The molecule has 2 heterocycles. The molecule has 0 bridgehead atoms. The van der Waals surface area contributed by atoms with Crippen LogP contribution in [-0.4, -0.2) is 25.9 Å². The molecular weight excluding hydrogens is 456 g/mol. The molecule has 7 heteroatoms. The summed E-state index contributed by atoms with van der Waals surface area (Å²) < 4.78 is 7.46. The number of para-hydroxylation sites is 2. The molecule has 0 fully saturated rings. The Morgan fingerprint density at radius 1 is 0.886 bits per heavy atom. The van der Waals surface area contributed by atoms with Crippen LogP contribution in [0.15, 0.2) is 107 Å². The SMILES string of the molecule is Cc1occc1-c1nnc(SC(C)C(=O)Nc2ccccc2-c2ccccc2)n1-c1ccccc1. The first-order chi connectivity index (χ1) is 17.1. The maximum absolute atomic E-state index is 13.2. The molecule has 6 nitrogen and oxygen atoms in total. The average Bonchev–Trinajstić information content (AvgIpc) is 3.51. The molecule has 0 spiro atoms. The summed E-state index contributed by atoms with van der Waals surface area (Å²) in [5.41, 5.74) is 4.58. The van der Waals surface area contributed by atoms with Gasteiger partial charge in [0.05, 0.1) is 17.1 Å². The van der Waals surface area contributed by atoms with Crippen LogP contribution in [0, 0.1) is 6.92 Å². The fraction of sp³-hybridized carbons (Fsp3) is 0.107. The van der Waals surface area contributed by atoms with Crippen LogP contribution in [0.5, 0.6) is 0 Å². The van der Waals surface area contributed by atoms with Crippen molar-refractivity contribution in [1.29, 1.82) is 0 Å². The van der Waals surface area contributed by atoms with Gasteiger partial charge < -0.3 is 9.73 Å². The standard InChI is InChI=1S/C28H24N4O2S/c1-19-23(17-18-34-19)26-30-31-28(32(26)22-13-7-4-8-14-22)35-20(2)27(33)29-25-16-10-9-15-24(25)21-11-5-3-6-12-21/h3-18,20H,1-2H3,(H,29,33). The highest BCUT2D eigenvalue weighted by atomic mass is 32.2. The summed E-state index contributed by atoms with van der Waals surface area (Å²) >= 11 is 1.36. The zero-order valence-corrected chi connectivity index (χ0v) is 20.2. The Labute approximate surface area is 208 Å². The predicted molar refractivity (Wildman–Crippen MR) is 140 cm³/mol. The van der Waals surface area contributed by atoms with Gasteiger partial charge in [0, 0.05) is 16.9 Å². The molecule has 0 saturated carbocycles. The average molecular weight is 481 g/mol. The first-order valence-electron chi connectivity index (χ1n) is 11.3. The van der Waals surface area contributed by atoms with Gasteiger partial charge in [0.1, 0.15) is 5.76 Å². The smallest absolute Gasteiger partial charge is 0.237 e. The third kappa shape index (κ3) is 4.76. The predicted octanol–water partition coefficient (Wildman–Crippen LogP) is 6.62. The number of nitrogens with zero attached hydrogens (tertiary/aromatic N) is 3. The fourth-order valence-corrected chi connectivity index (χ4v) is 4.72. The van der Waals surface area contributed by atoms with E-state index >= 15 is 0 Å². The van der Waals surface area contributed by atoms with E-state index in [4.69, 9.17) is 4.42 Å². The van der Waals surface area contributed by atoms with Gasteiger partial charge in [-0.25, -0.2) is 0 Å². The molecule has 0 aliphatic carbocycles. The second-order valence-corrected chi connectivity index (χ2v) is 9.34. The van der Waals surface area contributed by atoms with Crippen LogP contribution in [0.25, 0.3) is 28.2 Å². The summed E-state index contributed by atoms with van der Waals surface area (Å²) in [6, 6.07) is 29.6. The molecule has 1 atom stereocenters. The Balaban J connectivity index is 1.42. The Hall–Kier alpha value is -4.10. The highest BCUT2D eigenvalue weighted by Crippen LogP contribution is 2.33. The molecule has 35 heavy (non-hydrogen) atoms. The van der Waals surface area contributed by atoms with E-state index in [0.29, 0.717) is 11.0 Å². The molecule has 2 aromatic heterocycles. The van der Waals surface area contributed by atoms with Crippen molar-refractivity contribution in [2.24, 2.45) is 0 Å². The number of aryl methyl sites for hydroxylation is 1. The lowest BCUT2D eigenvalue weighted by Gasteiger charge is -2.16. The van der Waals surface area contributed by atoms with Gasteiger partial charge in [-0.15, -0.1) is 10.2 Å². The van der Waals surface area contributed by atoms with Crippen molar-refractivity contribution in [3.05, 3.63) is 103 Å². The van der Waals surface area contributed by atoms with Gasteiger partial charge in [-0.2, -0.15) is 0 Å². The van der Waals surface area contributed by atoms with Crippen molar-refractivity contribution in [1.82, 2.24) is 14.8 Å². The summed E-state index contributed by atoms with van der Waals surface area (Å²) in [4.78, 5) is 13.2. The van der Waals surface area contributed by atoms with E-state index in [1.165, 1.54) is 11.8 Å². The normalized spacial score (nSPS) is 11.8. The Kier molecular flexibility index (Phi) is 6.50. The zero-order chi connectivity index (χ0) is 24.2. The highest BCUT2D eigenvalue weighted by Gasteiger charge is 2.23. The molecule has 5 rings (SSSR count). The number of carbonyl (C=O) groups excluding carboxylic acids is 1. The maximum atomic E-state index is 13.2. The van der Waals surface area contributed by atoms with Gasteiger partial charge in [-0.3, -0.25) is 9.36 Å². The third-order valence-corrected chi connectivity index (χ3v) is 6.71. The second-order valence-electron chi connectivity index (χ2n) is 8.03. The number of thioether (sulfide) groups is 1. The number of hydrogen-bond acceptors (Lipinski definition) is 5. The van der Waals surface area contributed by atoms with Crippen molar-refractivity contribution in [3.8, 4) is 28.2 Å². The minimum Gasteiger partial charge on any atom is -0.469 e. The lowest BCUT2D eigenvalue weighted by Crippen LogP contribution is -2.23. The van der Waals surface area contributed by atoms with Gasteiger partial charge in [0.25, 0.3) is 0 Å². The van der Waals surface area contributed by atoms with Crippen LogP contribution in [-0.2, 0) is 4.79 Å². The maximum Gasteiger partial charge on any atom is 0.237 e. The topological polar surface area (TPSA) is 72.9 Å². The van der Waals surface area contributed by atoms with Crippen molar-refractivity contribution in [2.45, 2.75) is 24.3 Å². The number of aromatic nitrogens is 3. The van der Waals surface area contributed by atoms with Gasteiger partial charge in [0.15, 0.2) is 11.0 Å². The molecule has 0 radical (unpaired) electrons. The van der Waals surface area contributed by atoms with Gasteiger partial charge in [-0.05, 0) is 43.7 Å². The summed E-state index contributed by atoms with van der Waals surface area (Å²) in [7, 11) is 0. The van der Waals surface area contributed by atoms with E-state index in [2.05, 4.69) is 15.5 Å². The third-order valence-electron chi connectivity index (χ3n) is 5.67. The first kappa shape index (κ1) is 22.7. The number of anilines is 1. The molecule has 174 valence electrons. The lowest BCUT2D eigenvalue weighted by molar-refractivity contribution is -0.115. The zero-order valence-electron chi connectivity index (χ0n) is 19.4. The van der Waals surface area contributed by atoms with Crippen molar-refractivity contribution >= 4 is 23.4 Å². The van der Waals surface area contributed by atoms with Crippen molar-refractivity contribution in [3.63, 3.8) is 0 Å². The van der Waals surface area contributed by atoms with Crippen LogP contribution < -0.4 is 5.32 Å². The molecule has 1 amide bonds. The Morgan fingerprint density at radius 2 is 1.57 bits per heavy atom. The Bertz CT molecular complexity index is 1440. The van der Waals surface area contributed by atoms with Gasteiger partial charge in [0.2, 0.25) is 5.91 Å². The summed E-state index contributed by atoms with van der Waals surface area (Å²) in [6.45, 7) is 3.77. The molecular formula is C28H24N4O2S. The second kappa shape index (κ2) is 10.0. The number of hydrogen-bond donors (Lipinski definition) is 1. The van der Waals surface area contributed by atoms with E-state index in [1.807, 2.05) is 109 Å². The fourth-order valence-electron chi connectivity index (χ4n) is 3.86. The molecule has 0 aliphatic rings. The van der Waals surface area contributed by atoms with E-state index in [0.717, 1.165) is 33.8 Å². The monoisotopic (exact) mass is 480 g/mol. The lowest BCUT2D eigenvalue weighted by atomic mass is 10.0. The van der Waals surface area contributed by atoms with Crippen LogP contribution in [0.3, 0.4) is 0 Å². The molecule has 0 aliphatic heterocycles. The highest BCUT2D eigenvalue weighted by molar-refractivity contribution is 8.00.